The average Bonchev–Trinajstić information content (AvgIpc) is 2.36. The van der Waals surface area contributed by atoms with Crippen LogP contribution in [-0.2, 0) is 13.6 Å². The highest BCUT2D eigenvalue weighted by molar-refractivity contribution is 6.35. The molecule has 1 aromatic heterocycles. The van der Waals surface area contributed by atoms with E-state index in [2.05, 4.69) is 5.32 Å². The van der Waals surface area contributed by atoms with Gasteiger partial charge >= 0.3 is 5.69 Å². The highest BCUT2D eigenvalue weighted by atomic mass is 35.5. The Morgan fingerprint density at radius 3 is 2.72 bits per heavy atom. The zero-order chi connectivity index (χ0) is 13.3. The third-order valence-corrected chi connectivity index (χ3v) is 3.23. The first kappa shape index (κ1) is 12.9. The van der Waals surface area contributed by atoms with Crippen molar-refractivity contribution in [3.63, 3.8) is 0 Å². The van der Waals surface area contributed by atoms with Crippen LogP contribution in [0.3, 0.4) is 0 Å². The molecule has 0 spiro atoms. The lowest BCUT2D eigenvalue weighted by atomic mass is 10.2. The van der Waals surface area contributed by atoms with Gasteiger partial charge in [0, 0.05) is 20.1 Å². The third kappa shape index (κ3) is 1.95. The van der Waals surface area contributed by atoms with Crippen molar-refractivity contribution in [2.45, 2.75) is 6.54 Å². The second-order valence-corrected chi connectivity index (χ2v) is 4.44. The molecule has 0 fully saturated rings. The number of rotatable bonds is 3. The second kappa shape index (κ2) is 4.96. The number of halogens is 1. The molecule has 0 saturated heterocycles. The summed E-state index contributed by atoms with van der Waals surface area (Å²) in [7, 11) is 3.40. The van der Waals surface area contributed by atoms with E-state index in [0.29, 0.717) is 29.0 Å². The van der Waals surface area contributed by atoms with E-state index in [1.54, 1.807) is 32.3 Å². The van der Waals surface area contributed by atoms with E-state index >= 15 is 0 Å². The molecule has 1 N–H and O–H groups in total. The number of aryl methyl sites for hydroxylation is 1. The standard InChI is InChI=1S/C12H14ClN3O2/c1-14-6-7-16-11(17)10-8(13)4-3-5-9(10)15(2)12(16)18/h3-5,14H,6-7H2,1-2H3. The summed E-state index contributed by atoms with van der Waals surface area (Å²) < 4.78 is 2.64. The van der Waals surface area contributed by atoms with Crippen molar-refractivity contribution in [2.24, 2.45) is 7.05 Å². The molecule has 96 valence electrons. The topological polar surface area (TPSA) is 56.0 Å². The first-order valence-electron chi connectivity index (χ1n) is 5.60. The van der Waals surface area contributed by atoms with Gasteiger partial charge in [-0.15, -0.1) is 0 Å². The summed E-state index contributed by atoms with van der Waals surface area (Å²) in [4.78, 5) is 24.3. The average molecular weight is 268 g/mol. The van der Waals surface area contributed by atoms with Gasteiger partial charge in [-0.3, -0.25) is 13.9 Å². The molecular weight excluding hydrogens is 254 g/mol. The van der Waals surface area contributed by atoms with Gasteiger partial charge in [0.15, 0.2) is 0 Å². The van der Waals surface area contributed by atoms with Crippen LogP contribution >= 0.6 is 11.6 Å². The zero-order valence-electron chi connectivity index (χ0n) is 10.2. The van der Waals surface area contributed by atoms with Crippen molar-refractivity contribution in [2.75, 3.05) is 13.6 Å². The Morgan fingerprint density at radius 2 is 2.06 bits per heavy atom. The van der Waals surface area contributed by atoms with E-state index in [4.69, 9.17) is 11.6 Å². The van der Waals surface area contributed by atoms with Gasteiger partial charge in [0.2, 0.25) is 0 Å². The van der Waals surface area contributed by atoms with Crippen LogP contribution in [0.4, 0.5) is 0 Å². The molecule has 0 aliphatic rings. The molecule has 0 bridgehead atoms. The molecule has 0 aliphatic heterocycles. The summed E-state index contributed by atoms with van der Waals surface area (Å²) in [5, 5.41) is 3.67. The third-order valence-electron chi connectivity index (χ3n) is 2.92. The Balaban J connectivity index is 2.86. The molecule has 0 saturated carbocycles. The van der Waals surface area contributed by atoms with Crippen LogP contribution < -0.4 is 16.6 Å². The number of aromatic nitrogens is 2. The minimum atomic E-state index is -0.339. The molecule has 1 aromatic carbocycles. The minimum absolute atomic E-state index is 0.323. The number of nitrogens with one attached hydrogen (secondary N) is 1. The zero-order valence-corrected chi connectivity index (χ0v) is 11.0. The fourth-order valence-electron chi connectivity index (χ4n) is 1.93. The Labute approximate surface area is 109 Å². The summed E-state index contributed by atoms with van der Waals surface area (Å²) >= 11 is 6.05. The first-order chi connectivity index (χ1) is 8.57. The lowest BCUT2D eigenvalue weighted by Crippen LogP contribution is -2.41. The number of nitrogens with zero attached hydrogens (tertiary/aromatic N) is 2. The van der Waals surface area contributed by atoms with Crippen molar-refractivity contribution < 1.29 is 0 Å². The summed E-state index contributed by atoms with van der Waals surface area (Å²) in [5.74, 6) is 0. The van der Waals surface area contributed by atoms with Crippen LogP contribution in [0.2, 0.25) is 5.02 Å². The maximum Gasteiger partial charge on any atom is 0.331 e. The number of hydrogen-bond donors (Lipinski definition) is 1. The van der Waals surface area contributed by atoms with Gasteiger partial charge in [-0.25, -0.2) is 4.79 Å². The lowest BCUT2D eigenvalue weighted by Gasteiger charge is -2.11. The molecular formula is C12H14ClN3O2. The number of hydrogen-bond acceptors (Lipinski definition) is 3. The van der Waals surface area contributed by atoms with Crippen molar-refractivity contribution in [3.8, 4) is 0 Å². The fourth-order valence-corrected chi connectivity index (χ4v) is 2.18. The highest BCUT2D eigenvalue weighted by Crippen LogP contribution is 2.17. The summed E-state index contributed by atoms with van der Waals surface area (Å²) in [5.41, 5.74) is -0.114. The van der Waals surface area contributed by atoms with Gasteiger partial charge in [0.1, 0.15) is 0 Å². The van der Waals surface area contributed by atoms with Gasteiger partial charge in [-0.2, -0.15) is 0 Å². The SMILES string of the molecule is CNCCn1c(=O)c2c(Cl)cccc2n(C)c1=O. The monoisotopic (exact) mass is 267 g/mol. The Morgan fingerprint density at radius 1 is 1.33 bits per heavy atom. The molecule has 0 amide bonds. The number of likely N-dealkylation sites (N-methyl/N-ethyl adjacent to an activating group) is 1. The second-order valence-electron chi connectivity index (χ2n) is 4.04. The number of fused-ring (bicyclic) bond motifs is 1. The van der Waals surface area contributed by atoms with Crippen LogP contribution in [0.5, 0.6) is 0 Å². The molecule has 0 aliphatic carbocycles. The Hall–Kier alpha value is -1.59. The Kier molecular flexibility index (Phi) is 3.54. The summed E-state index contributed by atoms with van der Waals surface area (Å²) in [6.07, 6.45) is 0. The molecule has 0 radical (unpaired) electrons. The smallest absolute Gasteiger partial charge is 0.318 e. The maximum atomic E-state index is 12.3. The van der Waals surface area contributed by atoms with Gasteiger partial charge in [-0.1, -0.05) is 17.7 Å². The maximum absolute atomic E-state index is 12.3. The van der Waals surface area contributed by atoms with E-state index in [0.717, 1.165) is 0 Å². The van der Waals surface area contributed by atoms with Crippen molar-refractivity contribution >= 4 is 22.5 Å². The van der Waals surface area contributed by atoms with E-state index < -0.39 is 0 Å². The van der Waals surface area contributed by atoms with Crippen LogP contribution in [0.15, 0.2) is 27.8 Å². The van der Waals surface area contributed by atoms with Crippen LogP contribution in [0.1, 0.15) is 0 Å². The van der Waals surface area contributed by atoms with Gasteiger partial charge < -0.3 is 5.32 Å². The minimum Gasteiger partial charge on any atom is -0.318 e. The largest absolute Gasteiger partial charge is 0.331 e. The van der Waals surface area contributed by atoms with Crippen molar-refractivity contribution in [3.05, 3.63) is 44.1 Å². The van der Waals surface area contributed by atoms with Crippen LogP contribution in [0.25, 0.3) is 10.9 Å². The van der Waals surface area contributed by atoms with Gasteiger partial charge in [0.25, 0.3) is 5.56 Å². The fraction of sp³-hybridized carbons (Fsp3) is 0.333. The predicted molar refractivity (Wildman–Crippen MR) is 72.4 cm³/mol. The predicted octanol–water partition coefficient (Wildman–Crippen LogP) is 0.573. The summed E-state index contributed by atoms with van der Waals surface area (Å²) in [6, 6.07) is 5.09. The molecule has 6 heteroatoms. The normalized spacial score (nSPS) is 11.1. The molecule has 0 atom stereocenters. The quantitative estimate of drug-likeness (QED) is 0.885. The molecule has 18 heavy (non-hydrogen) atoms. The van der Waals surface area contributed by atoms with E-state index in [9.17, 15) is 9.59 Å². The molecule has 1 heterocycles. The van der Waals surface area contributed by atoms with E-state index in [-0.39, 0.29) is 11.2 Å². The Bertz CT molecular complexity index is 703. The lowest BCUT2D eigenvalue weighted by molar-refractivity contribution is 0.580. The molecule has 0 unspecified atom stereocenters. The van der Waals surface area contributed by atoms with E-state index in [1.807, 2.05) is 0 Å². The first-order valence-corrected chi connectivity index (χ1v) is 5.98. The summed E-state index contributed by atoms with van der Waals surface area (Å²) in [6.45, 7) is 0.869. The van der Waals surface area contributed by atoms with Crippen molar-refractivity contribution in [1.82, 2.24) is 14.5 Å². The number of benzene rings is 1. The molecule has 5 nitrogen and oxygen atoms in total. The van der Waals surface area contributed by atoms with Crippen molar-refractivity contribution in [1.29, 1.82) is 0 Å². The highest BCUT2D eigenvalue weighted by Gasteiger charge is 2.12. The molecule has 2 aromatic rings. The van der Waals surface area contributed by atoms with Gasteiger partial charge in [-0.05, 0) is 19.2 Å². The molecule has 2 rings (SSSR count). The van der Waals surface area contributed by atoms with Crippen LogP contribution in [0, 0.1) is 0 Å². The van der Waals surface area contributed by atoms with Gasteiger partial charge in [0.05, 0.1) is 15.9 Å². The van der Waals surface area contributed by atoms with Crippen LogP contribution in [-0.4, -0.2) is 22.7 Å². The van der Waals surface area contributed by atoms with E-state index in [1.165, 1.54) is 9.13 Å².